The smallest absolute Gasteiger partial charge is 0.305 e. The molecule has 1 aromatic carbocycles. The van der Waals surface area contributed by atoms with Gasteiger partial charge in [0.1, 0.15) is 18.1 Å². The van der Waals surface area contributed by atoms with Crippen molar-refractivity contribution in [2.45, 2.75) is 83.5 Å². The maximum atomic E-state index is 13.2. The zero-order chi connectivity index (χ0) is 35.7. The zero-order valence-electron chi connectivity index (χ0n) is 26.2. The van der Waals surface area contributed by atoms with Gasteiger partial charge in [-0.1, -0.05) is 44.2 Å². The highest BCUT2D eigenvalue weighted by Gasteiger charge is 2.33. The van der Waals surface area contributed by atoms with Crippen LogP contribution in [0.25, 0.3) is 0 Å². The lowest BCUT2D eigenvalue weighted by molar-refractivity contribution is -0.142. The standard InChI is InChI=1S/C30H41N5O12/c1-16(2)27(35-28(45)19(10-12-24(39)40)33-29(46)21(14-26(43)44)32-17(3)36)30(47)34-20(13-25(41)42)22(37)15-31-23(38)11-9-18-7-5-4-6-8-18/h4-8,16,19-21,27H,9-15H2,1-3H3,(H,31,38)(H,32,36)(H,33,46)(H,34,47)(H,35,45)(H,39,40)(H,41,42)(H,43,44)/t19-,20-,21-,27-/m0/s1. The van der Waals surface area contributed by atoms with E-state index >= 15 is 0 Å². The molecule has 5 amide bonds. The number of hydrogen-bond donors (Lipinski definition) is 8. The molecule has 0 radical (unpaired) electrons. The molecule has 0 saturated heterocycles. The molecular weight excluding hydrogens is 622 g/mol. The van der Waals surface area contributed by atoms with Gasteiger partial charge < -0.3 is 41.9 Å². The van der Waals surface area contributed by atoms with Crippen molar-refractivity contribution in [3.05, 3.63) is 35.9 Å². The van der Waals surface area contributed by atoms with Gasteiger partial charge in [0.05, 0.1) is 25.4 Å². The van der Waals surface area contributed by atoms with E-state index in [9.17, 15) is 48.3 Å². The number of aliphatic carboxylic acids is 3. The highest BCUT2D eigenvalue weighted by atomic mass is 16.4. The number of rotatable bonds is 21. The van der Waals surface area contributed by atoms with Crippen LogP contribution in [0.15, 0.2) is 30.3 Å². The van der Waals surface area contributed by atoms with Gasteiger partial charge in [0.25, 0.3) is 0 Å². The molecule has 17 nitrogen and oxygen atoms in total. The SMILES string of the molecule is CC(=O)N[C@@H](CC(=O)O)C(=O)N[C@@H](CCC(=O)O)C(=O)N[C@H](C(=O)N[C@@H](CC(=O)O)C(=O)CNC(=O)CCc1ccccc1)C(C)C. The van der Waals surface area contributed by atoms with Gasteiger partial charge in [-0.05, 0) is 24.3 Å². The Morgan fingerprint density at radius 2 is 1.21 bits per heavy atom. The fourth-order valence-electron chi connectivity index (χ4n) is 4.21. The summed E-state index contributed by atoms with van der Waals surface area (Å²) < 4.78 is 0. The summed E-state index contributed by atoms with van der Waals surface area (Å²) in [4.78, 5) is 110. The topological polar surface area (TPSA) is 274 Å². The van der Waals surface area contributed by atoms with E-state index in [0.29, 0.717) is 6.42 Å². The molecule has 4 atom stereocenters. The number of carboxylic acids is 3. The molecule has 47 heavy (non-hydrogen) atoms. The average Bonchev–Trinajstić information content (AvgIpc) is 2.98. The molecule has 0 saturated carbocycles. The van der Waals surface area contributed by atoms with Crippen molar-refractivity contribution in [2.24, 2.45) is 5.92 Å². The quantitative estimate of drug-likeness (QED) is 0.0765. The minimum atomic E-state index is -1.60. The molecule has 0 aliphatic carbocycles. The number of carbonyl (C=O) groups is 9. The summed E-state index contributed by atoms with van der Waals surface area (Å²) in [5, 5.41) is 38.9. The molecule has 0 fully saturated rings. The summed E-state index contributed by atoms with van der Waals surface area (Å²) in [6, 6.07) is 2.87. The molecular formula is C30H41N5O12. The number of carbonyl (C=O) groups excluding carboxylic acids is 6. The minimum Gasteiger partial charge on any atom is -0.481 e. The predicted molar refractivity (Wildman–Crippen MR) is 162 cm³/mol. The molecule has 0 spiro atoms. The van der Waals surface area contributed by atoms with Crippen molar-refractivity contribution >= 4 is 53.2 Å². The first-order valence-corrected chi connectivity index (χ1v) is 14.7. The Morgan fingerprint density at radius 3 is 1.74 bits per heavy atom. The molecule has 0 unspecified atom stereocenters. The monoisotopic (exact) mass is 663 g/mol. The molecule has 1 aromatic rings. The van der Waals surface area contributed by atoms with Crippen LogP contribution in [-0.2, 0) is 49.6 Å². The van der Waals surface area contributed by atoms with Crippen LogP contribution in [0.5, 0.6) is 0 Å². The van der Waals surface area contributed by atoms with Crippen LogP contribution in [0.1, 0.15) is 58.4 Å². The van der Waals surface area contributed by atoms with Crippen molar-refractivity contribution in [2.75, 3.05) is 6.54 Å². The Bertz CT molecular complexity index is 1300. The lowest BCUT2D eigenvalue weighted by Crippen LogP contribution is -2.59. The second-order valence-corrected chi connectivity index (χ2v) is 11.0. The number of carboxylic acid groups (broad SMARTS) is 3. The van der Waals surface area contributed by atoms with E-state index in [0.717, 1.165) is 12.5 Å². The van der Waals surface area contributed by atoms with Crippen LogP contribution in [0, 0.1) is 5.92 Å². The number of nitrogens with one attached hydrogen (secondary N) is 5. The molecule has 8 N–H and O–H groups in total. The van der Waals surface area contributed by atoms with E-state index in [1.165, 1.54) is 13.8 Å². The Hall–Kier alpha value is -5.35. The van der Waals surface area contributed by atoms with E-state index in [2.05, 4.69) is 26.6 Å². The van der Waals surface area contributed by atoms with Gasteiger partial charge in [0, 0.05) is 19.8 Å². The first-order valence-electron chi connectivity index (χ1n) is 14.7. The molecule has 0 bridgehead atoms. The van der Waals surface area contributed by atoms with Crippen molar-refractivity contribution in [1.82, 2.24) is 26.6 Å². The van der Waals surface area contributed by atoms with E-state index in [-0.39, 0.29) is 6.42 Å². The fourth-order valence-corrected chi connectivity index (χ4v) is 4.21. The molecule has 0 aromatic heterocycles. The third-order valence-corrected chi connectivity index (χ3v) is 6.63. The summed E-state index contributed by atoms with van der Waals surface area (Å²) in [6.45, 7) is 3.47. The van der Waals surface area contributed by atoms with E-state index < -0.39 is 116 Å². The summed E-state index contributed by atoms with van der Waals surface area (Å²) in [7, 11) is 0. The largest absolute Gasteiger partial charge is 0.481 e. The van der Waals surface area contributed by atoms with Gasteiger partial charge in [0.15, 0.2) is 5.78 Å². The van der Waals surface area contributed by atoms with Gasteiger partial charge in [-0.3, -0.25) is 43.2 Å². The van der Waals surface area contributed by atoms with Gasteiger partial charge >= 0.3 is 17.9 Å². The maximum Gasteiger partial charge on any atom is 0.305 e. The Labute approximate surface area is 270 Å². The highest BCUT2D eigenvalue weighted by molar-refractivity contribution is 5.98. The first-order chi connectivity index (χ1) is 22.0. The average molecular weight is 664 g/mol. The summed E-state index contributed by atoms with van der Waals surface area (Å²) in [6.07, 6.45) is -2.34. The van der Waals surface area contributed by atoms with Crippen LogP contribution in [-0.4, -0.2) is 99.3 Å². The lowest BCUT2D eigenvalue weighted by Gasteiger charge is -2.27. The van der Waals surface area contributed by atoms with Crippen LogP contribution >= 0.6 is 0 Å². The van der Waals surface area contributed by atoms with E-state index in [1.807, 2.05) is 18.2 Å². The second kappa shape index (κ2) is 19.9. The Kier molecular flexibility index (Phi) is 16.8. The molecule has 1 rings (SSSR count). The maximum absolute atomic E-state index is 13.2. The summed E-state index contributed by atoms with van der Waals surface area (Å²) in [5.41, 5.74) is 0.893. The zero-order valence-corrected chi connectivity index (χ0v) is 26.2. The molecule has 258 valence electrons. The number of Topliss-reactive ketones (excluding diaryl/α,β-unsaturated/α-hetero) is 1. The number of amides is 5. The number of benzene rings is 1. The fraction of sp³-hybridized carbons (Fsp3) is 0.500. The number of ketones is 1. The molecule has 17 heteroatoms. The number of hydrogen-bond acceptors (Lipinski definition) is 9. The second-order valence-electron chi connectivity index (χ2n) is 11.0. The first kappa shape index (κ1) is 39.7. The Morgan fingerprint density at radius 1 is 0.660 bits per heavy atom. The molecule has 0 aliphatic rings. The normalized spacial score (nSPS) is 13.2. The Balaban J connectivity index is 3.02. The third-order valence-electron chi connectivity index (χ3n) is 6.63. The predicted octanol–water partition coefficient (Wildman–Crippen LogP) is -1.27. The van der Waals surface area contributed by atoms with Crippen LogP contribution in [0.4, 0.5) is 0 Å². The molecule has 0 aliphatic heterocycles. The van der Waals surface area contributed by atoms with Crippen LogP contribution in [0.2, 0.25) is 0 Å². The van der Waals surface area contributed by atoms with Crippen LogP contribution in [0.3, 0.4) is 0 Å². The highest BCUT2D eigenvalue weighted by Crippen LogP contribution is 2.08. The van der Waals surface area contributed by atoms with Gasteiger partial charge in [-0.15, -0.1) is 0 Å². The lowest BCUT2D eigenvalue weighted by atomic mass is 10.0. The van der Waals surface area contributed by atoms with Crippen molar-refractivity contribution in [3.63, 3.8) is 0 Å². The van der Waals surface area contributed by atoms with E-state index in [1.54, 1.807) is 12.1 Å². The van der Waals surface area contributed by atoms with Gasteiger partial charge in [-0.25, -0.2) is 0 Å². The summed E-state index contributed by atoms with van der Waals surface area (Å²) >= 11 is 0. The van der Waals surface area contributed by atoms with Gasteiger partial charge in [-0.2, -0.15) is 0 Å². The van der Waals surface area contributed by atoms with Crippen molar-refractivity contribution < 1.29 is 58.5 Å². The summed E-state index contributed by atoms with van der Waals surface area (Å²) in [5.74, 6) is -10.1. The van der Waals surface area contributed by atoms with Crippen molar-refractivity contribution in [3.8, 4) is 0 Å². The molecule has 0 heterocycles. The third kappa shape index (κ3) is 16.0. The van der Waals surface area contributed by atoms with Crippen LogP contribution < -0.4 is 26.6 Å². The van der Waals surface area contributed by atoms with Crippen molar-refractivity contribution in [1.29, 1.82) is 0 Å². The van der Waals surface area contributed by atoms with Gasteiger partial charge in [0.2, 0.25) is 29.5 Å². The minimum absolute atomic E-state index is 0.0517. The van der Waals surface area contributed by atoms with E-state index in [4.69, 9.17) is 10.2 Å². The number of aryl methyl sites for hydroxylation is 1.